The molecule has 5 heteroatoms. The van der Waals surface area contributed by atoms with Crippen molar-refractivity contribution in [3.8, 4) is 0 Å². The summed E-state index contributed by atoms with van der Waals surface area (Å²) in [5.41, 5.74) is 0.695. The smallest absolute Gasteiger partial charge is 0.292 e. The highest BCUT2D eigenvalue weighted by atomic mass is 35.5. The Morgan fingerprint density at radius 3 is 2.86 bits per heavy atom. The fourth-order valence-corrected chi connectivity index (χ4v) is 1.15. The van der Waals surface area contributed by atoms with E-state index in [1.54, 1.807) is 20.0 Å². The summed E-state index contributed by atoms with van der Waals surface area (Å²) in [6, 6.07) is 1.59. The Morgan fingerprint density at radius 2 is 2.43 bits per heavy atom. The largest absolute Gasteiger partial charge is 0.351 e. The van der Waals surface area contributed by atoms with Crippen molar-refractivity contribution >= 4 is 17.5 Å². The second-order valence-corrected chi connectivity index (χ2v) is 3.56. The van der Waals surface area contributed by atoms with E-state index in [4.69, 9.17) is 16.1 Å². The molecule has 1 atom stereocenters. The number of aromatic nitrogens is 1. The molecule has 0 saturated heterocycles. The Balaban J connectivity index is 2.75. The molecule has 1 heterocycles. The van der Waals surface area contributed by atoms with Crippen LogP contribution in [0.3, 0.4) is 0 Å². The predicted molar refractivity (Wildman–Crippen MR) is 53.5 cm³/mol. The Hall–Kier alpha value is -1.03. The molecule has 0 aliphatic carbocycles. The van der Waals surface area contributed by atoms with Crippen molar-refractivity contribution in [1.29, 1.82) is 0 Å². The normalized spacial score (nSPS) is 12.6. The van der Waals surface area contributed by atoms with Gasteiger partial charge in [0.1, 0.15) is 0 Å². The van der Waals surface area contributed by atoms with E-state index in [9.17, 15) is 4.79 Å². The molecule has 78 valence electrons. The molecular formula is C9H13ClN2O2. The number of halogens is 1. The van der Waals surface area contributed by atoms with E-state index >= 15 is 0 Å². The minimum absolute atomic E-state index is 0.0189. The molecule has 1 aromatic heterocycles. The maximum absolute atomic E-state index is 11.7. The first kappa shape index (κ1) is 11.0. The molecule has 0 aliphatic rings. The molecule has 14 heavy (non-hydrogen) atoms. The molecule has 0 N–H and O–H groups in total. The standard InChI is InChI=1S/C9H13ClN2O2/c1-6-4-8(14-11-6)9(13)12(3)7(2)5-10/h4,7H,5H2,1-3H3. The fraction of sp³-hybridized carbons (Fsp3) is 0.556. The molecule has 1 rings (SSSR count). The van der Waals surface area contributed by atoms with Crippen molar-refractivity contribution in [3.63, 3.8) is 0 Å². The topological polar surface area (TPSA) is 46.3 Å². The first-order valence-corrected chi connectivity index (χ1v) is 4.86. The summed E-state index contributed by atoms with van der Waals surface area (Å²) in [5, 5.41) is 3.65. The Morgan fingerprint density at radius 1 is 1.79 bits per heavy atom. The van der Waals surface area contributed by atoms with Crippen LogP contribution in [-0.4, -0.2) is 34.9 Å². The van der Waals surface area contributed by atoms with E-state index in [0.29, 0.717) is 11.6 Å². The van der Waals surface area contributed by atoms with Crippen molar-refractivity contribution < 1.29 is 9.32 Å². The molecule has 0 aromatic carbocycles. The van der Waals surface area contributed by atoms with Crippen molar-refractivity contribution in [1.82, 2.24) is 10.1 Å². The van der Waals surface area contributed by atoms with Gasteiger partial charge in [-0.3, -0.25) is 4.79 Å². The number of aryl methyl sites for hydroxylation is 1. The lowest BCUT2D eigenvalue weighted by Crippen LogP contribution is -2.35. The molecule has 1 aromatic rings. The van der Waals surface area contributed by atoms with E-state index in [0.717, 1.165) is 0 Å². The number of hydrogen-bond donors (Lipinski definition) is 0. The molecule has 0 fully saturated rings. The highest BCUT2D eigenvalue weighted by Crippen LogP contribution is 2.08. The van der Waals surface area contributed by atoms with Crippen LogP contribution in [0.25, 0.3) is 0 Å². The van der Waals surface area contributed by atoms with E-state index in [2.05, 4.69) is 5.16 Å². The van der Waals surface area contributed by atoms with Gasteiger partial charge in [-0.05, 0) is 13.8 Å². The number of hydrogen-bond acceptors (Lipinski definition) is 3. The summed E-state index contributed by atoms with van der Waals surface area (Å²) in [4.78, 5) is 13.2. The molecule has 0 radical (unpaired) electrons. The Kier molecular flexibility index (Phi) is 3.52. The quantitative estimate of drug-likeness (QED) is 0.723. The fourth-order valence-electron chi connectivity index (χ4n) is 0.942. The van der Waals surface area contributed by atoms with Crippen molar-refractivity contribution in [2.75, 3.05) is 12.9 Å². The SMILES string of the molecule is Cc1cc(C(=O)N(C)C(C)CCl)on1. The van der Waals surface area contributed by atoms with Gasteiger partial charge in [-0.1, -0.05) is 5.16 Å². The number of rotatable bonds is 3. The molecule has 1 amide bonds. The van der Waals surface area contributed by atoms with Crippen LogP contribution in [0.15, 0.2) is 10.6 Å². The number of carbonyl (C=O) groups excluding carboxylic acids is 1. The summed E-state index contributed by atoms with van der Waals surface area (Å²) in [5.74, 6) is 0.454. The van der Waals surface area contributed by atoms with Gasteiger partial charge in [-0.15, -0.1) is 11.6 Å². The van der Waals surface area contributed by atoms with Crippen LogP contribution in [-0.2, 0) is 0 Å². The third-order valence-corrected chi connectivity index (χ3v) is 2.49. The van der Waals surface area contributed by atoms with Crippen LogP contribution in [0, 0.1) is 6.92 Å². The second kappa shape index (κ2) is 4.46. The number of amides is 1. The molecule has 0 bridgehead atoms. The van der Waals surface area contributed by atoms with Crippen molar-refractivity contribution in [3.05, 3.63) is 17.5 Å². The lowest BCUT2D eigenvalue weighted by molar-refractivity contribution is 0.0714. The summed E-state index contributed by atoms with van der Waals surface area (Å²) in [7, 11) is 1.69. The average molecular weight is 217 g/mol. The molecule has 4 nitrogen and oxygen atoms in total. The number of alkyl halides is 1. The van der Waals surface area contributed by atoms with Gasteiger partial charge < -0.3 is 9.42 Å². The maximum Gasteiger partial charge on any atom is 0.292 e. The van der Waals surface area contributed by atoms with Gasteiger partial charge >= 0.3 is 0 Å². The van der Waals surface area contributed by atoms with Gasteiger partial charge in [0.05, 0.1) is 5.69 Å². The average Bonchev–Trinajstić information content (AvgIpc) is 2.61. The highest BCUT2D eigenvalue weighted by molar-refractivity contribution is 6.18. The van der Waals surface area contributed by atoms with Gasteiger partial charge in [-0.25, -0.2) is 0 Å². The lowest BCUT2D eigenvalue weighted by atomic mass is 10.3. The summed E-state index contributed by atoms with van der Waals surface area (Å²) >= 11 is 5.64. The second-order valence-electron chi connectivity index (χ2n) is 3.25. The first-order chi connectivity index (χ1) is 6.56. The summed E-state index contributed by atoms with van der Waals surface area (Å²) < 4.78 is 4.86. The van der Waals surface area contributed by atoms with Crippen LogP contribution in [0.5, 0.6) is 0 Å². The van der Waals surface area contributed by atoms with Gasteiger partial charge in [0.25, 0.3) is 5.91 Å². The lowest BCUT2D eigenvalue weighted by Gasteiger charge is -2.21. The zero-order valence-corrected chi connectivity index (χ0v) is 9.21. The first-order valence-electron chi connectivity index (χ1n) is 4.32. The number of nitrogens with zero attached hydrogens (tertiary/aromatic N) is 2. The van der Waals surface area contributed by atoms with Gasteiger partial charge in [0, 0.05) is 25.0 Å². The van der Waals surface area contributed by atoms with E-state index in [1.807, 2.05) is 6.92 Å². The van der Waals surface area contributed by atoms with E-state index in [-0.39, 0.29) is 17.7 Å². The van der Waals surface area contributed by atoms with Crippen LogP contribution in [0.1, 0.15) is 23.2 Å². The molecular weight excluding hydrogens is 204 g/mol. The maximum atomic E-state index is 11.7. The van der Waals surface area contributed by atoms with E-state index < -0.39 is 0 Å². The molecule has 0 spiro atoms. The predicted octanol–water partition coefficient (Wildman–Crippen LogP) is 1.68. The minimum Gasteiger partial charge on any atom is -0.351 e. The highest BCUT2D eigenvalue weighted by Gasteiger charge is 2.20. The summed E-state index contributed by atoms with van der Waals surface area (Å²) in [6.45, 7) is 3.64. The van der Waals surface area contributed by atoms with Gasteiger partial charge in [-0.2, -0.15) is 0 Å². The van der Waals surface area contributed by atoms with Gasteiger partial charge in [0.15, 0.2) is 0 Å². The van der Waals surface area contributed by atoms with Gasteiger partial charge in [0.2, 0.25) is 5.76 Å². The van der Waals surface area contributed by atoms with Crippen LogP contribution >= 0.6 is 11.6 Å². The van der Waals surface area contributed by atoms with Crippen molar-refractivity contribution in [2.45, 2.75) is 19.9 Å². The van der Waals surface area contributed by atoms with Crippen LogP contribution in [0.2, 0.25) is 0 Å². The Bertz CT molecular complexity index is 324. The Labute approximate surface area is 87.8 Å². The molecule has 0 saturated carbocycles. The van der Waals surface area contributed by atoms with E-state index in [1.165, 1.54) is 4.90 Å². The molecule has 0 aliphatic heterocycles. The third kappa shape index (κ3) is 2.26. The van der Waals surface area contributed by atoms with Crippen LogP contribution < -0.4 is 0 Å². The number of carbonyl (C=O) groups is 1. The summed E-state index contributed by atoms with van der Waals surface area (Å²) in [6.07, 6.45) is 0. The zero-order valence-electron chi connectivity index (χ0n) is 8.45. The van der Waals surface area contributed by atoms with Crippen LogP contribution in [0.4, 0.5) is 0 Å². The van der Waals surface area contributed by atoms with Crippen molar-refractivity contribution in [2.24, 2.45) is 0 Å². The third-order valence-electron chi connectivity index (χ3n) is 2.04. The monoisotopic (exact) mass is 216 g/mol. The molecule has 1 unspecified atom stereocenters. The zero-order chi connectivity index (χ0) is 10.7. The minimum atomic E-state index is -0.196.